The van der Waals surface area contributed by atoms with Gasteiger partial charge in [-0.1, -0.05) is 0 Å². The fourth-order valence-electron chi connectivity index (χ4n) is 0. The molecule has 0 saturated heterocycles. The van der Waals surface area contributed by atoms with Crippen LogP contribution in [-0.4, -0.2) is 9.26 Å². The van der Waals surface area contributed by atoms with Crippen molar-refractivity contribution in [2.24, 2.45) is 0 Å². The van der Waals surface area contributed by atoms with Crippen molar-refractivity contribution in [1.29, 1.82) is 0 Å². The van der Waals surface area contributed by atoms with E-state index >= 15 is 0 Å². The molecule has 0 saturated carbocycles. The van der Waals surface area contributed by atoms with E-state index in [0.29, 0.717) is 0 Å². The lowest BCUT2D eigenvalue weighted by Crippen LogP contribution is -2.11. The maximum absolute atomic E-state index is 9.99. The highest BCUT2D eigenvalue weighted by Gasteiger charge is 1.61. The zero-order valence-corrected chi connectivity index (χ0v) is 2.69. The summed E-state index contributed by atoms with van der Waals surface area (Å²) in [4.78, 5) is 8.41. The van der Waals surface area contributed by atoms with Gasteiger partial charge in [-0.15, -0.1) is 0 Å². The van der Waals surface area contributed by atoms with Gasteiger partial charge in [-0.05, 0) is 0 Å². The van der Waals surface area contributed by atoms with Crippen LogP contribution in [0.4, 0.5) is 4.11 Å². The third-order valence-corrected chi connectivity index (χ3v) is 0. The molecule has 0 aromatic carbocycles. The fraction of sp³-hybridized carbons (Fsp3) is 0. The van der Waals surface area contributed by atoms with Gasteiger partial charge in [-0.25, -0.2) is 0 Å². The first-order valence-corrected chi connectivity index (χ1v) is 1.79. The molecule has 0 spiro atoms. The molecule has 0 aliphatic rings. The van der Waals surface area contributed by atoms with Gasteiger partial charge in [0, 0.05) is 0 Å². The Balaban J connectivity index is 0. The van der Waals surface area contributed by atoms with E-state index in [2.05, 4.69) is 0 Å². The SMILES string of the molecule is O=[Si]([O-])F.[H+]. The number of rotatable bonds is 0. The van der Waals surface area contributed by atoms with Crippen molar-refractivity contribution in [2.75, 3.05) is 0 Å². The average molecular weight is 80.1 g/mol. The van der Waals surface area contributed by atoms with Crippen LogP contribution in [0.15, 0.2) is 0 Å². The lowest BCUT2D eigenvalue weighted by molar-refractivity contribution is -0.214. The average Bonchev–Trinajstić information content (AvgIpc) is 0.811. The van der Waals surface area contributed by atoms with Gasteiger partial charge in [0.15, 0.2) is 0 Å². The summed E-state index contributed by atoms with van der Waals surface area (Å²) in [6.45, 7) is 0. The van der Waals surface area contributed by atoms with Gasteiger partial charge in [-0.3, -0.25) is 4.11 Å². The minimum atomic E-state index is -3.88. The van der Waals surface area contributed by atoms with Gasteiger partial charge < -0.3 is 9.26 Å². The summed E-state index contributed by atoms with van der Waals surface area (Å²) in [6.07, 6.45) is 0. The number of hydrogen-bond acceptors (Lipinski definition) is 2. The minimum Gasteiger partial charge on any atom is -0.560 e. The molecule has 2 nitrogen and oxygen atoms in total. The van der Waals surface area contributed by atoms with Crippen LogP contribution in [0.1, 0.15) is 1.43 Å². The predicted molar refractivity (Wildman–Crippen MR) is 8.66 cm³/mol. The van der Waals surface area contributed by atoms with Crippen LogP contribution in [0.25, 0.3) is 0 Å². The van der Waals surface area contributed by atoms with E-state index in [9.17, 15) is 4.11 Å². The van der Waals surface area contributed by atoms with Crippen molar-refractivity contribution in [1.82, 2.24) is 0 Å². The second-order valence-corrected chi connectivity index (χ2v) is 0.713. The van der Waals surface area contributed by atoms with Crippen molar-refractivity contribution in [3.63, 3.8) is 0 Å². The van der Waals surface area contributed by atoms with E-state index in [1.807, 2.05) is 0 Å². The molecule has 0 radical (unpaired) electrons. The summed E-state index contributed by atoms with van der Waals surface area (Å²) < 4.78 is 18.4. The molecule has 0 rings (SSSR count). The molecular weight excluding hydrogens is 79.1 g/mol. The summed E-state index contributed by atoms with van der Waals surface area (Å²) in [5, 5.41) is 0. The molecule has 0 amide bonds. The van der Waals surface area contributed by atoms with Crippen LogP contribution in [0.2, 0.25) is 0 Å². The molecule has 0 bridgehead atoms. The van der Waals surface area contributed by atoms with Gasteiger partial charge in [0.1, 0.15) is 0 Å². The van der Waals surface area contributed by atoms with Crippen LogP contribution in [0.5, 0.6) is 0 Å². The van der Waals surface area contributed by atoms with Crippen molar-refractivity contribution in [3.8, 4) is 0 Å². The minimum absolute atomic E-state index is 0. The van der Waals surface area contributed by atoms with Crippen LogP contribution in [-0.2, 0) is 4.46 Å². The van der Waals surface area contributed by atoms with Crippen molar-refractivity contribution in [3.05, 3.63) is 0 Å². The predicted octanol–water partition coefficient (Wildman–Crippen LogP) is -1.16. The Morgan fingerprint density at radius 3 is 2.25 bits per heavy atom. The lowest BCUT2D eigenvalue weighted by atomic mass is 15.9. The van der Waals surface area contributed by atoms with Crippen LogP contribution in [0.3, 0.4) is 0 Å². The first-order chi connectivity index (χ1) is 1.73. The third-order valence-electron chi connectivity index (χ3n) is 0. The van der Waals surface area contributed by atoms with Crippen LogP contribution < -0.4 is 4.80 Å². The fourth-order valence-corrected chi connectivity index (χ4v) is 0. The quantitative estimate of drug-likeness (QED) is 0.272. The Kier molecular flexibility index (Phi) is 1.04. The Morgan fingerprint density at radius 1 is 2.25 bits per heavy atom. The van der Waals surface area contributed by atoms with E-state index in [1.165, 1.54) is 0 Å². The largest absolute Gasteiger partial charge is 1.00 e. The molecule has 0 aromatic heterocycles. The van der Waals surface area contributed by atoms with E-state index < -0.39 is 9.26 Å². The van der Waals surface area contributed by atoms with Crippen molar-refractivity contribution < 1.29 is 14.8 Å². The van der Waals surface area contributed by atoms with Gasteiger partial charge in [0.25, 0.3) is 0 Å². The summed E-state index contributed by atoms with van der Waals surface area (Å²) in [5.41, 5.74) is 0. The zero-order chi connectivity index (χ0) is 3.58. The molecule has 0 aromatic rings. The first-order valence-electron chi connectivity index (χ1n) is 0.597. The molecule has 4 heavy (non-hydrogen) atoms. The standard InChI is InChI=1S/FO2Si/c1-4(2)3/q-1/p+1. The summed E-state index contributed by atoms with van der Waals surface area (Å²) in [7, 11) is -3.88. The summed E-state index contributed by atoms with van der Waals surface area (Å²) in [5.74, 6) is 0. The smallest absolute Gasteiger partial charge is 0.560 e. The lowest BCUT2D eigenvalue weighted by Gasteiger charge is -1.67. The third kappa shape index (κ3) is 15.2. The van der Waals surface area contributed by atoms with Crippen molar-refractivity contribution >= 4 is 9.26 Å². The normalized spacial score (nSPS) is 6.25. The molecule has 0 unspecified atom stereocenters. The second-order valence-electron chi connectivity index (χ2n) is 0.238. The van der Waals surface area contributed by atoms with Gasteiger partial charge in [0.2, 0.25) is 0 Å². The van der Waals surface area contributed by atoms with Crippen LogP contribution in [0, 0.1) is 0 Å². The summed E-state index contributed by atoms with van der Waals surface area (Å²) in [6, 6.07) is 0. The van der Waals surface area contributed by atoms with Crippen molar-refractivity contribution in [2.45, 2.75) is 0 Å². The monoisotopic (exact) mass is 80.0 g/mol. The Hall–Kier alpha value is -0.253. The molecule has 0 fully saturated rings. The highest BCUT2D eigenvalue weighted by atomic mass is 28.3. The zero-order valence-electron chi connectivity index (χ0n) is 2.69. The number of halogens is 1. The topological polar surface area (TPSA) is 40.1 Å². The Morgan fingerprint density at radius 2 is 2.25 bits per heavy atom. The van der Waals surface area contributed by atoms with E-state index in [4.69, 9.17) is 9.26 Å². The Bertz CT molecular complexity index is 32.6. The van der Waals surface area contributed by atoms with Gasteiger partial charge >= 0.3 is 10.7 Å². The Labute approximate surface area is 25.3 Å². The maximum atomic E-state index is 9.99. The molecule has 4 heteroatoms. The second kappa shape index (κ2) is 1.11. The van der Waals surface area contributed by atoms with Crippen LogP contribution >= 0.6 is 0 Å². The molecule has 0 aliphatic carbocycles. The van der Waals surface area contributed by atoms with E-state index in [0.717, 1.165) is 0 Å². The number of hydrogen-bond donors (Lipinski definition) is 0. The molecule has 0 N–H and O–H groups in total. The molecule has 0 atom stereocenters. The molecule has 0 heterocycles. The first kappa shape index (κ1) is 3.75. The molecule has 24 valence electrons. The van der Waals surface area contributed by atoms with Gasteiger partial charge in [-0.2, -0.15) is 0 Å². The molecular formula is HFO2Si. The maximum Gasteiger partial charge on any atom is 1.00 e. The summed E-state index contributed by atoms with van der Waals surface area (Å²) >= 11 is 0. The molecule has 0 aliphatic heterocycles. The highest BCUT2D eigenvalue weighted by molar-refractivity contribution is 6.20. The van der Waals surface area contributed by atoms with E-state index in [-0.39, 0.29) is 1.43 Å². The van der Waals surface area contributed by atoms with Gasteiger partial charge in [0.05, 0.1) is 0 Å². The van der Waals surface area contributed by atoms with E-state index in [1.54, 1.807) is 0 Å². The highest BCUT2D eigenvalue weighted by Crippen LogP contribution is 1.38.